The summed E-state index contributed by atoms with van der Waals surface area (Å²) in [7, 11) is 0. The molecule has 0 saturated heterocycles. The number of rotatable bonds is 2. The number of hydrogen-bond donors (Lipinski definition) is 1. The summed E-state index contributed by atoms with van der Waals surface area (Å²) in [6.45, 7) is 1.56. The van der Waals surface area contributed by atoms with Crippen molar-refractivity contribution in [3.8, 4) is 11.1 Å². The number of carbonyl (C=O) groups excluding carboxylic acids is 1. The Balaban J connectivity index is 2.36. The number of carbonyl (C=O) groups is 1. The predicted molar refractivity (Wildman–Crippen MR) is 54.0 cm³/mol. The summed E-state index contributed by atoms with van der Waals surface area (Å²) in [6.07, 6.45) is 3.57. The van der Waals surface area contributed by atoms with Gasteiger partial charge >= 0.3 is 0 Å². The summed E-state index contributed by atoms with van der Waals surface area (Å²) in [5, 5.41) is 6.61. The van der Waals surface area contributed by atoms with E-state index in [9.17, 15) is 4.79 Å². The molecule has 0 bridgehead atoms. The fourth-order valence-electron chi connectivity index (χ4n) is 1.31. The van der Waals surface area contributed by atoms with Gasteiger partial charge in [0.2, 0.25) is 0 Å². The van der Waals surface area contributed by atoms with E-state index >= 15 is 0 Å². The highest BCUT2D eigenvalue weighted by atomic mass is 16.1. The first kappa shape index (κ1) is 8.69. The van der Waals surface area contributed by atoms with Crippen LogP contribution in [-0.2, 0) is 0 Å². The highest BCUT2D eigenvalue weighted by molar-refractivity contribution is 5.94. The Morgan fingerprint density at radius 1 is 1.21 bits per heavy atom. The minimum atomic E-state index is 0.0868. The number of nitrogens with zero attached hydrogens (tertiary/aromatic N) is 1. The molecule has 1 aromatic carbocycles. The lowest BCUT2D eigenvalue weighted by atomic mass is 10.1. The summed E-state index contributed by atoms with van der Waals surface area (Å²) in [4.78, 5) is 11.0. The monoisotopic (exact) mass is 186 g/mol. The summed E-state index contributed by atoms with van der Waals surface area (Å²) in [5.41, 5.74) is 2.82. The molecule has 0 spiro atoms. The fraction of sp³-hybridized carbons (Fsp3) is 0.0909. The zero-order valence-corrected chi connectivity index (χ0v) is 7.82. The standard InChI is InChI=1S/C11H10N2O/c1-8(14)9-2-4-10(5-3-9)11-6-12-13-7-11/h2-7H,1H3,(H,12,13). The van der Waals surface area contributed by atoms with Crippen molar-refractivity contribution < 1.29 is 4.79 Å². The van der Waals surface area contributed by atoms with E-state index in [4.69, 9.17) is 0 Å². The minimum absolute atomic E-state index is 0.0868. The van der Waals surface area contributed by atoms with Crippen LogP contribution in [0.4, 0.5) is 0 Å². The molecular formula is C11H10N2O. The molecule has 3 nitrogen and oxygen atoms in total. The third kappa shape index (κ3) is 1.57. The van der Waals surface area contributed by atoms with E-state index in [-0.39, 0.29) is 5.78 Å². The van der Waals surface area contributed by atoms with Gasteiger partial charge in [0.05, 0.1) is 6.20 Å². The molecule has 2 aromatic rings. The normalized spacial score (nSPS) is 10.1. The molecule has 0 radical (unpaired) electrons. The maximum Gasteiger partial charge on any atom is 0.159 e. The average molecular weight is 186 g/mol. The van der Waals surface area contributed by atoms with Crippen LogP contribution in [0.2, 0.25) is 0 Å². The average Bonchev–Trinajstić information content (AvgIpc) is 2.71. The van der Waals surface area contributed by atoms with Crippen LogP contribution < -0.4 is 0 Å². The molecule has 0 saturated carbocycles. The van der Waals surface area contributed by atoms with Crippen molar-refractivity contribution in [3.05, 3.63) is 42.2 Å². The number of hydrogen-bond acceptors (Lipinski definition) is 2. The molecule has 0 atom stereocenters. The van der Waals surface area contributed by atoms with Gasteiger partial charge in [0.15, 0.2) is 5.78 Å². The molecule has 0 fully saturated rings. The van der Waals surface area contributed by atoms with Gasteiger partial charge in [-0.15, -0.1) is 0 Å². The quantitative estimate of drug-likeness (QED) is 0.731. The lowest BCUT2D eigenvalue weighted by Crippen LogP contribution is -1.90. The number of nitrogens with one attached hydrogen (secondary N) is 1. The van der Waals surface area contributed by atoms with E-state index in [0.29, 0.717) is 0 Å². The van der Waals surface area contributed by atoms with Crippen LogP contribution in [0.15, 0.2) is 36.7 Å². The van der Waals surface area contributed by atoms with Crippen LogP contribution in [0.1, 0.15) is 17.3 Å². The maximum absolute atomic E-state index is 11.0. The first-order valence-corrected chi connectivity index (χ1v) is 4.37. The van der Waals surface area contributed by atoms with E-state index in [2.05, 4.69) is 10.2 Å². The van der Waals surface area contributed by atoms with Crippen molar-refractivity contribution in [2.45, 2.75) is 6.92 Å². The van der Waals surface area contributed by atoms with E-state index in [1.54, 1.807) is 13.1 Å². The number of benzene rings is 1. The minimum Gasteiger partial charge on any atom is -0.295 e. The van der Waals surface area contributed by atoms with Gasteiger partial charge in [0.1, 0.15) is 0 Å². The van der Waals surface area contributed by atoms with Gasteiger partial charge in [-0.3, -0.25) is 9.89 Å². The molecule has 0 aliphatic rings. The van der Waals surface area contributed by atoms with E-state index in [1.165, 1.54) is 0 Å². The predicted octanol–water partition coefficient (Wildman–Crippen LogP) is 2.28. The number of H-pyrrole nitrogens is 1. The van der Waals surface area contributed by atoms with Crippen LogP contribution in [0.5, 0.6) is 0 Å². The molecule has 3 heteroatoms. The lowest BCUT2D eigenvalue weighted by molar-refractivity contribution is 0.101. The Kier molecular flexibility index (Phi) is 2.14. The van der Waals surface area contributed by atoms with Gasteiger partial charge in [-0.2, -0.15) is 5.10 Å². The second-order valence-electron chi connectivity index (χ2n) is 3.12. The van der Waals surface area contributed by atoms with Gasteiger partial charge in [-0.25, -0.2) is 0 Å². The Morgan fingerprint density at radius 3 is 2.43 bits per heavy atom. The number of aromatic nitrogens is 2. The fourth-order valence-corrected chi connectivity index (χ4v) is 1.31. The van der Waals surface area contributed by atoms with Gasteiger partial charge in [-0.1, -0.05) is 24.3 Å². The zero-order chi connectivity index (χ0) is 9.97. The molecule has 0 amide bonds. The van der Waals surface area contributed by atoms with Crippen molar-refractivity contribution >= 4 is 5.78 Å². The second kappa shape index (κ2) is 3.46. The number of Topliss-reactive ketones (excluding diaryl/α,β-unsaturated/α-hetero) is 1. The van der Waals surface area contributed by atoms with E-state index < -0.39 is 0 Å². The highest BCUT2D eigenvalue weighted by Gasteiger charge is 2.00. The highest BCUT2D eigenvalue weighted by Crippen LogP contribution is 2.17. The van der Waals surface area contributed by atoms with Crippen molar-refractivity contribution in [1.82, 2.24) is 10.2 Å². The SMILES string of the molecule is CC(=O)c1ccc(-c2cn[nH]c2)cc1. The molecule has 1 aromatic heterocycles. The molecule has 0 aliphatic heterocycles. The number of ketones is 1. The summed E-state index contributed by atoms with van der Waals surface area (Å²) < 4.78 is 0. The largest absolute Gasteiger partial charge is 0.295 e. The Labute approximate surface area is 81.8 Å². The molecule has 14 heavy (non-hydrogen) atoms. The Bertz CT molecular complexity index is 429. The third-order valence-corrected chi connectivity index (χ3v) is 2.12. The number of aromatic amines is 1. The molecule has 0 aliphatic carbocycles. The topological polar surface area (TPSA) is 45.8 Å². The van der Waals surface area contributed by atoms with Gasteiger partial charge in [0, 0.05) is 17.3 Å². The Hall–Kier alpha value is -1.90. The smallest absolute Gasteiger partial charge is 0.159 e. The van der Waals surface area contributed by atoms with Gasteiger partial charge < -0.3 is 0 Å². The Morgan fingerprint density at radius 2 is 1.93 bits per heavy atom. The third-order valence-electron chi connectivity index (χ3n) is 2.12. The van der Waals surface area contributed by atoms with E-state index in [1.807, 2.05) is 30.5 Å². The summed E-state index contributed by atoms with van der Waals surface area (Å²) in [5.74, 6) is 0.0868. The van der Waals surface area contributed by atoms with Crippen LogP contribution in [0.3, 0.4) is 0 Å². The van der Waals surface area contributed by atoms with Crippen molar-refractivity contribution in [2.24, 2.45) is 0 Å². The van der Waals surface area contributed by atoms with Crippen LogP contribution in [-0.4, -0.2) is 16.0 Å². The maximum atomic E-state index is 11.0. The van der Waals surface area contributed by atoms with Crippen molar-refractivity contribution in [1.29, 1.82) is 0 Å². The molecular weight excluding hydrogens is 176 g/mol. The molecule has 70 valence electrons. The van der Waals surface area contributed by atoms with Crippen LogP contribution in [0.25, 0.3) is 11.1 Å². The summed E-state index contributed by atoms with van der Waals surface area (Å²) >= 11 is 0. The zero-order valence-electron chi connectivity index (χ0n) is 7.82. The van der Waals surface area contributed by atoms with Crippen LogP contribution in [0, 0.1) is 0 Å². The molecule has 1 N–H and O–H groups in total. The van der Waals surface area contributed by atoms with Crippen molar-refractivity contribution in [2.75, 3.05) is 0 Å². The molecule has 2 rings (SSSR count). The van der Waals surface area contributed by atoms with Crippen molar-refractivity contribution in [3.63, 3.8) is 0 Å². The summed E-state index contributed by atoms with van der Waals surface area (Å²) in [6, 6.07) is 7.48. The van der Waals surface area contributed by atoms with E-state index in [0.717, 1.165) is 16.7 Å². The lowest BCUT2D eigenvalue weighted by Gasteiger charge is -1.98. The first-order valence-electron chi connectivity index (χ1n) is 4.37. The molecule has 0 unspecified atom stereocenters. The van der Waals surface area contributed by atoms with Gasteiger partial charge in [0.25, 0.3) is 0 Å². The molecule has 1 heterocycles. The van der Waals surface area contributed by atoms with Crippen LogP contribution >= 0.6 is 0 Å². The van der Waals surface area contributed by atoms with Gasteiger partial charge in [-0.05, 0) is 12.5 Å². The second-order valence-corrected chi connectivity index (χ2v) is 3.12. The first-order chi connectivity index (χ1) is 6.77.